The molecule has 3 heterocycles. The van der Waals surface area contributed by atoms with Crippen molar-refractivity contribution in [1.29, 1.82) is 0 Å². The molecule has 2 fully saturated rings. The molecule has 32 heavy (non-hydrogen) atoms. The topological polar surface area (TPSA) is 99.8 Å². The summed E-state index contributed by atoms with van der Waals surface area (Å²) in [5.41, 5.74) is 3.07. The number of nitrogens with zero attached hydrogens (tertiary/aromatic N) is 4. The van der Waals surface area contributed by atoms with Gasteiger partial charge in [-0.05, 0) is 65.4 Å². The standard InChI is InChI=1S/C24H35N5O3/c1-15-18(11-12-22(30)26-17-8-5-6-9-17)16(2)29-21(25-15)14-19(27-29)20-10-7-13-28(20)23(31)24(3,4)32/h14,17,20,32H,5-13H2,1-4H3,(H,26,30)/t20-/m0/s1. The molecule has 0 bridgehead atoms. The average Bonchev–Trinajstić information content (AvgIpc) is 3.46. The van der Waals surface area contributed by atoms with Gasteiger partial charge in [0.25, 0.3) is 5.91 Å². The van der Waals surface area contributed by atoms with E-state index in [1.54, 1.807) is 4.90 Å². The molecule has 1 aliphatic heterocycles. The Morgan fingerprint density at radius 1 is 1.19 bits per heavy atom. The van der Waals surface area contributed by atoms with E-state index in [4.69, 9.17) is 10.1 Å². The highest BCUT2D eigenvalue weighted by Gasteiger charge is 2.38. The Balaban J connectivity index is 1.53. The quantitative estimate of drug-likeness (QED) is 0.718. The van der Waals surface area contributed by atoms with Crippen LogP contribution in [0.1, 0.15) is 87.5 Å². The third-order valence-corrected chi connectivity index (χ3v) is 6.88. The van der Waals surface area contributed by atoms with Gasteiger partial charge in [0, 0.05) is 36.5 Å². The van der Waals surface area contributed by atoms with Crippen molar-refractivity contribution in [3.05, 3.63) is 28.7 Å². The van der Waals surface area contributed by atoms with Gasteiger partial charge in [0.1, 0.15) is 5.60 Å². The number of aliphatic hydroxyl groups is 1. The van der Waals surface area contributed by atoms with Crippen molar-refractivity contribution in [2.75, 3.05) is 6.54 Å². The number of amides is 2. The Bertz CT molecular complexity index is 1020. The average molecular weight is 442 g/mol. The largest absolute Gasteiger partial charge is 0.381 e. The molecule has 2 amide bonds. The molecular weight excluding hydrogens is 406 g/mol. The second-order valence-electron chi connectivity index (χ2n) is 9.86. The second-order valence-corrected chi connectivity index (χ2v) is 9.86. The number of hydrogen-bond acceptors (Lipinski definition) is 5. The number of carbonyl (C=O) groups is 2. The van der Waals surface area contributed by atoms with Crippen LogP contribution in [0.4, 0.5) is 0 Å². The Labute approximate surface area is 189 Å². The smallest absolute Gasteiger partial charge is 0.254 e. The number of hydrogen-bond donors (Lipinski definition) is 2. The van der Waals surface area contributed by atoms with E-state index in [1.807, 2.05) is 24.4 Å². The third kappa shape index (κ3) is 4.51. The number of rotatable bonds is 6. The molecule has 0 unspecified atom stereocenters. The summed E-state index contributed by atoms with van der Waals surface area (Å²) in [5, 5.41) is 18.2. The summed E-state index contributed by atoms with van der Waals surface area (Å²) in [5.74, 6) is -0.171. The highest BCUT2D eigenvalue weighted by atomic mass is 16.3. The van der Waals surface area contributed by atoms with Gasteiger partial charge in [0.05, 0.1) is 11.7 Å². The van der Waals surface area contributed by atoms with Gasteiger partial charge in [-0.15, -0.1) is 0 Å². The summed E-state index contributed by atoms with van der Waals surface area (Å²) in [4.78, 5) is 31.6. The van der Waals surface area contributed by atoms with Gasteiger partial charge in [-0.3, -0.25) is 9.59 Å². The monoisotopic (exact) mass is 441 g/mol. The highest BCUT2D eigenvalue weighted by molar-refractivity contribution is 5.84. The minimum Gasteiger partial charge on any atom is -0.381 e. The maximum Gasteiger partial charge on any atom is 0.254 e. The molecule has 4 rings (SSSR count). The molecule has 0 spiro atoms. The van der Waals surface area contributed by atoms with Crippen molar-refractivity contribution in [2.24, 2.45) is 0 Å². The van der Waals surface area contributed by atoms with E-state index >= 15 is 0 Å². The second kappa shape index (κ2) is 8.81. The van der Waals surface area contributed by atoms with Gasteiger partial charge in [-0.2, -0.15) is 5.10 Å². The molecule has 0 aromatic carbocycles. The predicted molar refractivity (Wildman–Crippen MR) is 121 cm³/mol. The van der Waals surface area contributed by atoms with Crippen molar-refractivity contribution in [1.82, 2.24) is 24.8 Å². The Morgan fingerprint density at radius 2 is 1.91 bits per heavy atom. The number of carbonyl (C=O) groups excluding carboxylic acids is 2. The molecule has 2 aromatic rings. The van der Waals surface area contributed by atoms with Crippen LogP contribution in [0, 0.1) is 13.8 Å². The fraction of sp³-hybridized carbons (Fsp3) is 0.667. The lowest BCUT2D eigenvalue weighted by Crippen LogP contribution is -2.44. The Morgan fingerprint density at radius 3 is 2.59 bits per heavy atom. The van der Waals surface area contributed by atoms with Crippen LogP contribution >= 0.6 is 0 Å². The molecule has 8 nitrogen and oxygen atoms in total. The highest BCUT2D eigenvalue weighted by Crippen LogP contribution is 2.33. The molecule has 2 aliphatic rings. The molecule has 1 saturated heterocycles. The number of aromatic nitrogens is 3. The minimum atomic E-state index is -1.40. The minimum absolute atomic E-state index is 0.101. The van der Waals surface area contributed by atoms with Crippen LogP contribution < -0.4 is 5.32 Å². The first-order chi connectivity index (χ1) is 15.1. The van der Waals surface area contributed by atoms with Crippen LogP contribution in [-0.4, -0.2) is 54.6 Å². The third-order valence-electron chi connectivity index (χ3n) is 6.88. The first-order valence-corrected chi connectivity index (χ1v) is 11.8. The zero-order valence-corrected chi connectivity index (χ0v) is 19.6. The van der Waals surface area contributed by atoms with Crippen molar-refractivity contribution in [2.45, 2.75) is 96.7 Å². The van der Waals surface area contributed by atoms with Gasteiger partial charge in [-0.25, -0.2) is 9.50 Å². The van der Waals surface area contributed by atoms with Crippen molar-refractivity contribution < 1.29 is 14.7 Å². The van der Waals surface area contributed by atoms with Crippen LogP contribution in [0.5, 0.6) is 0 Å². The number of aryl methyl sites for hydroxylation is 2. The van der Waals surface area contributed by atoms with Gasteiger partial charge in [0.2, 0.25) is 5.91 Å². The first kappa shape index (κ1) is 22.7. The van der Waals surface area contributed by atoms with Crippen molar-refractivity contribution in [3.8, 4) is 0 Å². The van der Waals surface area contributed by atoms with E-state index in [0.717, 1.165) is 54.0 Å². The predicted octanol–water partition coefficient (Wildman–Crippen LogP) is 2.77. The summed E-state index contributed by atoms with van der Waals surface area (Å²) in [6.45, 7) is 7.66. The molecule has 0 radical (unpaired) electrons. The summed E-state index contributed by atoms with van der Waals surface area (Å²) in [7, 11) is 0. The zero-order chi connectivity index (χ0) is 23.0. The van der Waals surface area contributed by atoms with E-state index in [-0.39, 0.29) is 17.9 Å². The van der Waals surface area contributed by atoms with E-state index < -0.39 is 5.60 Å². The molecule has 8 heteroatoms. The zero-order valence-electron chi connectivity index (χ0n) is 19.6. The number of nitrogens with one attached hydrogen (secondary N) is 1. The van der Waals surface area contributed by atoms with Crippen molar-refractivity contribution in [3.63, 3.8) is 0 Å². The summed E-state index contributed by atoms with van der Waals surface area (Å²) in [6.07, 6.45) is 7.33. The molecule has 1 aliphatic carbocycles. The lowest BCUT2D eigenvalue weighted by atomic mass is 10.1. The van der Waals surface area contributed by atoms with E-state index in [1.165, 1.54) is 26.7 Å². The molecular formula is C24H35N5O3. The van der Waals surface area contributed by atoms with Gasteiger partial charge in [-0.1, -0.05) is 12.8 Å². The van der Waals surface area contributed by atoms with Gasteiger partial charge >= 0.3 is 0 Å². The molecule has 1 atom stereocenters. The van der Waals surface area contributed by atoms with Gasteiger partial charge in [0.15, 0.2) is 5.65 Å². The van der Waals surface area contributed by atoms with Crippen LogP contribution in [0.3, 0.4) is 0 Å². The maximum atomic E-state index is 12.7. The SMILES string of the molecule is Cc1nc2cc([C@@H]3CCCN3C(=O)C(C)(C)O)nn2c(C)c1CCC(=O)NC1CCCC1. The van der Waals surface area contributed by atoms with E-state index in [0.29, 0.717) is 25.4 Å². The number of likely N-dealkylation sites (tertiary alicyclic amines) is 1. The van der Waals surface area contributed by atoms with Crippen molar-refractivity contribution >= 4 is 17.5 Å². The summed E-state index contributed by atoms with van der Waals surface area (Å²) in [6, 6.07) is 2.12. The maximum absolute atomic E-state index is 12.7. The van der Waals surface area contributed by atoms with E-state index in [9.17, 15) is 14.7 Å². The number of fused-ring (bicyclic) bond motifs is 1. The van der Waals surface area contributed by atoms with Crippen LogP contribution in [0.2, 0.25) is 0 Å². The van der Waals surface area contributed by atoms with Crippen LogP contribution in [0.25, 0.3) is 5.65 Å². The Kier molecular flexibility index (Phi) is 6.25. The lowest BCUT2D eigenvalue weighted by Gasteiger charge is -2.29. The fourth-order valence-corrected chi connectivity index (χ4v) is 5.15. The molecule has 2 N–H and O–H groups in total. The molecule has 2 aromatic heterocycles. The fourth-order valence-electron chi connectivity index (χ4n) is 5.15. The van der Waals surface area contributed by atoms with Crippen LogP contribution in [-0.2, 0) is 16.0 Å². The summed E-state index contributed by atoms with van der Waals surface area (Å²) < 4.78 is 1.83. The van der Waals surface area contributed by atoms with E-state index in [2.05, 4.69) is 5.32 Å². The van der Waals surface area contributed by atoms with Gasteiger partial charge < -0.3 is 15.3 Å². The Hall–Kier alpha value is -2.48. The summed E-state index contributed by atoms with van der Waals surface area (Å²) >= 11 is 0. The normalized spacial score (nSPS) is 19.8. The lowest BCUT2D eigenvalue weighted by molar-refractivity contribution is -0.148. The molecule has 1 saturated carbocycles. The molecule has 174 valence electrons. The first-order valence-electron chi connectivity index (χ1n) is 11.8. The van der Waals surface area contributed by atoms with Crippen LogP contribution in [0.15, 0.2) is 6.07 Å².